The van der Waals surface area contributed by atoms with Crippen molar-refractivity contribution in [2.75, 3.05) is 19.8 Å². The zero-order valence-electron chi connectivity index (χ0n) is 8.29. The summed E-state index contributed by atoms with van der Waals surface area (Å²) >= 11 is 0. The molecule has 0 aliphatic carbocycles. The first kappa shape index (κ1) is 13.2. The maximum atomic E-state index is 11.7. The third-order valence-electron chi connectivity index (χ3n) is 1.16. The molecule has 14 heavy (non-hydrogen) atoms. The van der Waals surface area contributed by atoms with Gasteiger partial charge in [0.15, 0.2) is 0 Å². The summed E-state index contributed by atoms with van der Waals surface area (Å²) in [6, 6.07) is 0. The van der Waals surface area contributed by atoms with E-state index in [0.717, 1.165) is 0 Å². The second kappa shape index (κ2) is 7.59. The van der Waals surface area contributed by atoms with Crippen LogP contribution in [0.2, 0.25) is 0 Å². The van der Waals surface area contributed by atoms with Gasteiger partial charge in [-0.2, -0.15) is 0 Å². The Kier molecular flexibility index (Phi) is 7.16. The SMILES string of the molecule is CCOP(=O)(/C=C/CN=[N+]=[N-])OCC. The molecule has 80 valence electrons. The van der Waals surface area contributed by atoms with E-state index in [2.05, 4.69) is 10.0 Å². The molecule has 7 heteroatoms. The van der Waals surface area contributed by atoms with Gasteiger partial charge in [0.2, 0.25) is 0 Å². The minimum Gasteiger partial charge on any atom is -0.306 e. The Morgan fingerprint density at radius 2 is 2.00 bits per heavy atom. The summed E-state index contributed by atoms with van der Waals surface area (Å²) in [6.45, 7) is 4.22. The van der Waals surface area contributed by atoms with Gasteiger partial charge in [-0.25, -0.2) is 0 Å². The summed E-state index contributed by atoms with van der Waals surface area (Å²) in [4.78, 5) is 2.55. The van der Waals surface area contributed by atoms with Crippen molar-refractivity contribution in [2.45, 2.75) is 13.8 Å². The monoisotopic (exact) mass is 219 g/mol. The third-order valence-corrected chi connectivity index (χ3v) is 2.97. The zero-order chi connectivity index (χ0) is 10.9. The van der Waals surface area contributed by atoms with Crippen LogP contribution in [0.5, 0.6) is 0 Å². The molecule has 0 fully saturated rings. The van der Waals surface area contributed by atoms with Crippen LogP contribution in [0.15, 0.2) is 17.0 Å². The summed E-state index contributed by atoms with van der Waals surface area (Å²) in [6.07, 6.45) is 1.46. The van der Waals surface area contributed by atoms with Crippen molar-refractivity contribution in [3.8, 4) is 0 Å². The highest BCUT2D eigenvalue weighted by Gasteiger charge is 2.18. The molecule has 0 bridgehead atoms. The minimum atomic E-state index is -3.12. The molecule has 0 aromatic rings. The fraction of sp³-hybridized carbons (Fsp3) is 0.714. The summed E-state index contributed by atoms with van der Waals surface area (Å²) in [7, 11) is -3.12. The van der Waals surface area contributed by atoms with E-state index in [9.17, 15) is 4.57 Å². The molecule has 0 atom stereocenters. The first-order chi connectivity index (χ1) is 6.68. The molecule has 0 radical (unpaired) electrons. The van der Waals surface area contributed by atoms with Crippen LogP contribution in [0.3, 0.4) is 0 Å². The quantitative estimate of drug-likeness (QED) is 0.285. The van der Waals surface area contributed by atoms with Crippen LogP contribution in [-0.2, 0) is 13.6 Å². The van der Waals surface area contributed by atoms with Crippen molar-refractivity contribution in [3.05, 3.63) is 22.3 Å². The van der Waals surface area contributed by atoms with Gasteiger partial charge in [0, 0.05) is 17.3 Å². The molecule has 0 aromatic heterocycles. The van der Waals surface area contributed by atoms with Gasteiger partial charge in [-0.15, -0.1) is 0 Å². The van der Waals surface area contributed by atoms with E-state index in [1.807, 2.05) is 0 Å². The Morgan fingerprint density at radius 1 is 1.43 bits per heavy atom. The van der Waals surface area contributed by atoms with E-state index in [4.69, 9.17) is 14.6 Å². The molecule has 0 heterocycles. The molecule has 6 nitrogen and oxygen atoms in total. The zero-order valence-corrected chi connectivity index (χ0v) is 9.18. The maximum absolute atomic E-state index is 11.7. The van der Waals surface area contributed by atoms with E-state index in [1.54, 1.807) is 13.8 Å². The van der Waals surface area contributed by atoms with Gasteiger partial charge >= 0.3 is 7.60 Å². The molecule has 0 saturated heterocycles. The summed E-state index contributed by atoms with van der Waals surface area (Å²) in [5, 5.41) is 3.26. The standard InChI is InChI=1S/C7H14N3O3P/c1-3-12-14(11,13-4-2)7-5-6-9-10-8/h5,7H,3-4,6H2,1-2H3/b7-5+. The Labute approximate surface area is 83.1 Å². The predicted octanol–water partition coefficient (Wildman–Crippen LogP) is 3.08. The Balaban J connectivity index is 4.27. The average Bonchev–Trinajstić information content (AvgIpc) is 2.13. The fourth-order valence-corrected chi connectivity index (χ4v) is 2.06. The molecule has 0 N–H and O–H groups in total. The van der Waals surface area contributed by atoms with Crippen molar-refractivity contribution in [1.82, 2.24) is 0 Å². The Hall–Kier alpha value is -0.800. The second-order valence-electron chi connectivity index (χ2n) is 2.17. The minimum absolute atomic E-state index is 0.140. The highest BCUT2D eigenvalue weighted by molar-refractivity contribution is 7.57. The maximum Gasteiger partial charge on any atom is 0.353 e. The number of azide groups is 1. The van der Waals surface area contributed by atoms with Gasteiger partial charge in [-0.3, -0.25) is 4.57 Å². The van der Waals surface area contributed by atoms with Crippen LogP contribution in [0.25, 0.3) is 10.4 Å². The number of nitrogens with zero attached hydrogens (tertiary/aromatic N) is 3. The van der Waals surface area contributed by atoms with Crippen LogP contribution < -0.4 is 0 Å². The van der Waals surface area contributed by atoms with Crippen molar-refractivity contribution < 1.29 is 13.6 Å². The van der Waals surface area contributed by atoms with E-state index in [1.165, 1.54) is 11.9 Å². The van der Waals surface area contributed by atoms with E-state index < -0.39 is 7.60 Å². The lowest BCUT2D eigenvalue weighted by Crippen LogP contribution is -1.92. The average molecular weight is 219 g/mol. The lowest BCUT2D eigenvalue weighted by molar-refractivity contribution is 0.229. The molecule has 0 spiro atoms. The molecular formula is C7H14N3O3P. The van der Waals surface area contributed by atoms with Gasteiger partial charge in [0.1, 0.15) is 0 Å². The molecule has 0 aliphatic heterocycles. The van der Waals surface area contributed by atoms with Gasteiger partial charge in [0.05, 0.1) is 13.2 Å². The van der Waals surface area contributed by atoms with Crippen molar-refractivity contribution >= 4 is 7.60 Å². The van der Waals surface area contributed by atoms with E-state index in [0.29, 0.717) is 13.2 Å². The van der Waals surface area contributed by atoms with Crippen LogP contribution in [0, 0.1) is 0 Å². The summed E-state index contributed by atoms with van der Waals surface area (Å²) in [5.41, 5.74) is 8.00. The summed E-state index contributed by atoms with van der Waals surface area (Å²) < 4.78 is 21.6. The predicted molar refractivity (Wildman–Crippen MR) is 54.0 cm³/mol. The second-order valence-corrected chi connectivity index (χ2v) is 4.07. The largest absolute Gasteiger partial charge is 0.353 e. The van der Waals surface area contributed by atoms with Crippen molar-refractivity contribution in [3.63, 3.8) is 0 Å². The molecular weight excluding hydrogens is 205 g/mol. The third kappa shape index (κ3) is 5.78. The van der Waals surface area contributed by atoms with Crippen LogP contribution in [-0.4, -0.2) is 19.8 Å². The van der Waals surface area contributed by atoms with Crippen molar-refractivity contribution in [1.29, 1.82) is 0 Å². The number of hydrogen-bond donors (Lipinski definition) is 0. The van der Waals surface area contributed by atoms with Crippen LogP contribution >= 0.6 is 7.60 Å². The topological polar surface area (TPSA) is 84.3 Å². The Morgan fingerprint density at radius 3 is 2.43 bits per heavy atom. The molecule has 0 aliphatic rings. The molecule has 0 unspecified atom stereocenters. The number of rotatable bonds is 7. The fourth-order valence-electron chi connectivity index (χ4n) is 0.743. The summed E-state index contributed by atoms with van der Waals surface area (Å²) in [5.74, 6) is 1.31. The Bertz CT molecular complexity index is 263. The normalized spacial score (nSPS) is 11.6. The number of hydrogen-bond acceptors (Lipinski definition) is 4. The van der Waals surface area contributed by atoms with E-state index in [-0.39, 0.29) is 6.54 Å². The smallest absolute Gasteiger partial charge is 0.306 e. The van der Waals surface area contributed by atoms with Crippen LogP contribution in [0.4, 0.5) is 0 Å². The molecule has 0 saturated carbocycles. The van der Waals surface area contributed by atoms with Crippen LogP contribution in [0.1, 0.15) is 13.8 Å². The van der Waals surface area contributed by atoms with Gasteiger partial charge in [-0.05, 0) is 19.4 Å². The lowest BCUT2D eigenvalue weighted by atomic mass is 10.7. The molecule has 0 rings (SSSR count). The van der Waals surface area contributed by atoms with Crippen molar-refractivity contribution in [2.24, 2.45) is 5.11 Å². The lowest BCUT2D eigenvalue weighted by Gasteiger charge is -2.11. The van der Waals surface area contributed by atoms with Gasteiger partial charge in [-0.1, -0.05) is 11.2 Å². The van der Waals surface area contributed by atoms with E-state index >= 15 is 0 Å². The molecule has 0 aromatic carbocycles. The first-order valence-electron chi connectivity index (χ1n) is 4.26. The first-order valence-corrected chi connectivity index (χ1v) is 5.87. The highest BCUT2D eigenvalue weighted by Crippen LogP contribution is 2.49. The van der Waals surface area contributed by atoms with Gasteiger partial charge in [0.25, 0.3) is 0 Å². The highest BCUT2D eigenvalue weighted by atomic mass is 31.2. The molecule has 0 amide bonds. The van der Waals surface area contributed by atoms with Gasteiger partial charge < -0.3 is 9.05 Å².